The number of nitrogens with one attached hydrogen (secondary N) is 3. The summed E-state index contributed by atoms with van der Waals surface area (Å²) < 4.78 is 5.48. The van der Waals surface area contributed by atoms with Gasteiger partial charge in [-0.25, -0.2) is 14.6 Å². The van der Waals surface area contributed by atoms with Crippen LogP contribution in [0.3, 0.4) is 0 Å². The highest BCUT2D eigenvalue weighted by atomic mass is 16.5. The van der Waals surface area contributed by atoms with Crippen molar-refractivity contribution in [3.05, 3.63) is 18.2 Å². The molecule has 116 valence electrons. The molecule has 0 spiro atoms. The van der Waals surface area contributed by atoms with E-state index in [-0.39, 0.29) is 18.6 Å². The van der Waals surface area contributed by atoms with Crippen LogP contribution in [0.2, 0.25) is 0 Å². The number of ether oxygens (including phenoxy) is 1. The van der Waals surface area contributed by atoms with E-state index in [1.807, 2.05) is 6.92 Å². The lowest BCUT2D eigenvalue weighted by molar-refractivity contribution is -0.139. The smallest absolute Gasteiger partial charge is 0.326 e. The number of amides is 2. The number of carbonyl (C=O) groups excluding carboxylic acids is 1. The fourth-order valence-corrected chi connectivity index (χ4v) is 2.31. The summed E-state index contributed by atoms with van der Waals surface area (Å²) in [6, 6.07) is -1.68. The van der Waals surface area contributed by atoms with Gasteiger partial charge in [0, 0.05) is 24.9 Å². The Kier molecular flexibility index (Phi) is 5.15. The number of carboxylic acids is 1. The molecule has 2 rings (SSSR count). The van der Waals surface area contributed by atoms with Gasteiger partial charge in [0.1, 0.15) is 6.04 Å². The minimum Gasteiger partial charge on any atom is -0.480 e. The Morgan fingerprint density at radius 1 is 1.57 bits per heavy atom. The zero-order valence-electron chi connectivity index (χ0n) is 11.8. The number of nitrogens with zero attached hydrogens (tertiary/aromatic N) is 1. The van der Waals surface area contributed by atoms with Crippen LogP contribution in [0.25, 0.3) is 0 Å². The minimum atomic E-state index is -1.09. The van der Waals surface area contributed by atoms with Gasteiger partial charge in [-0.2, -0.15) is 0 Å². The summed E-state index contributed by atoms with van der Waals surface area (Å²) >= 11 is 0. The first-order valence-corrected chi connectivity index (χ1v) is 6.95. The van der Waals surface area contributed by atoms with Crippen molar-refractivity contribution in [3.63, 3.8) is 0 Å². The van der Waals surface area contributed by atoms with Crippen LogP contribution in [0.1, 0.15) is 25.5 Å². The summed E-state index contributed by atoms with van der Waals surface area (Å²) in [5.74, 6) is -1.09. The Balaban J connectivity index is 1.84. The highest BCUT2D eigenvalue weighted by Crippen LogP contribution is 2.15. The second-order valence-electron chi connectivity index (χ2n) is 5.13. The van der Waals surface area contributed by atoms with Gasteiger partial charge >= 0.3 is 12.0 Å². The molecule has 0 radical (unpaired) electrons. The molecule has 1 aromatic rings. The lowest BCUT2D eigenvalue weighted by Gasteiger charge is -2.21. The van der Waals surface area contributed by atoms with Crippen molar-refractivity contribution in [1.29, 1.82) is 0 Å². The molecule has 21 heavy (non-hydrogen) atoms. The number of rotatable bonds is 6. The van der Waals surface area contributed by atoms with Crippen molar-refractivity contribution < 1.29 is 19.4 Å². The molecule has 0 aromatic carbocycles. The first kappa shape index (κ1) is 15.3. The number of hydrogen-bond acceptors (Lipinski definition) is 4. The maximum atomic E-state index is 11.9. The Morgan fingerprint density at radius 2 is 2.38 bits per heavy atom. The summed E-state index contributed by atoms with van der Waals surface area (Å²) in [7, 11) is 0. The Bertz CT molecular complexity index is 471. The van der Waals surface area contributed by atoms with Crippen LogP contribution in [0.4, 0.5) is 4.79 Å². The largest absolute Gasteiger partial charge is 0.480 e. The number of imidazole rings is 1. The molecule has 0 saturated carbocycles. The Morgan fingerprint density at radius 3 is 2.95 bits per heavy atom. The van der Waals surface area contributed by atoms with E-state index in [9.17, 15) is 9.59 Å². The highest BCUT2D eigenvalue weighted by Gasteiger charge is 2.26. The van der Waals surface area contributed by atoms with Crippen LogP contribution < -0.4 is 10.6 Å². The van der Waals surface area contributed by atoms with Gasteiger partial charge in [-0.15, -0.1) is 0 Å². The fourth-order valence-electron chi connectivity index (χ4n) is 2.31. The van der Waals surface area contributed by atoms with Gasteiger partial charge in [0.25, 0.3) is 0 Å². The van der Waals surface area contributed by atoms with Crippen molar-refractivity contribution in [2.75, 3.05) is 6.61 Å². The number of H-pyrrole nitrogens is 1. The summed E-state index contributed by atoms with van der Waals surface area (Å²) in [4.78, 5) is 29.7. The summed E-state index contributed by atoms with van der Waals surface area (Å²) in [6.07, 6.45) is 5.02. The zero-order chi connectivity index (χ0) is 15.2. The zero-order valence-corrected chi connectivity index (χ0v) is 11.8. The van der Waals surface area contributed by atoms with E-state index in [2.05, 4.69) is 20.6 Å². The van der Waals surface area contributed by atoms with E-state index in [0.717, 1.165) is 12.8 Å². The van der Waals surface area contributed by atoms with E-state index < -0.39 is 18.0 Å². The molecule has 2 amide bonds. The average Bonchev–Trinajstić information content (AvgIpc) is 3.10. The van der Waals surface area contributed by atoms with Crippen molar-refractivity contribution in [2.24, 2.45) is 0 Å². The SMILES string of the molecule is CC(NC(=O)N[C@H](Cc1cnc[nH]1)C(=O)O)C1CCCO1. The molecule has 2 heterocycles. The van der Waals surface area contributed by atoms with Gasteiger partial charge in [-0.3, -0.25) is 0 Å². The summed E-state index contributed by atoms with van der Waals surface area (Å²) in [5, 5.41) is 14.3. The molecule has 8 nitrogen and oxygen atoms in total. The number of aliphatic carboxylic acids is 1. The molecule has 1 saturated heterocycles. The molecule has 1 aromatic heterocycles. The number of aromatic nitrogens is 2. The predicted octanol–water partition coefficient (Wildman–Crippen LogP) is 0.272. The normalized spacial score (nSPS) is 20.7. The first-order valence-electron chi connectivity index (χ1n) is 6.95. The minimum absolute atomic E-state index is 0.00775. The van der Waals surface area contributed by atoms with Gasteiger partial charge in [-0.1, -0.05) is 0 Å². The number of urea groups is 1. The second kappa shape index (κ2) is 7.07. The molecule has 2 unspecified atom stereocenters. The third kappa shape index (κ3) is 4.45. The number of carbonyl (C=O) groups is 2. The van der Waals surface area contributed by atoms with Crippen molar-refractivity contribution in [2.45, 2.75) is 44.4 Å². The molecule has 0 bridgehead atoms. The van der Waals surface area contributed by atoms with Crippen molar-refractivity contribution in [1.82, 2.24) is 20.6 Å². The lowest BCUT2D eigenvalue weighted by Crippen LogP contribution is -2.51. The van der Waals surface area contributed by atoms with E-state index in [4.69, 9.17) is 9.84 Å². The number of aromatic amines is 1. The molecular formula is C13H20N4O4. The van der Waals surface area contributed by atoms with Crippen LogP contribution in [0, 0.1) is 0 Å². The maximum Gasteiger partial charge on any atom is 0.326 e. The molecule has 1 aliphatic heterocycles. The van der Waals surface area contributed by atoms with Crippen LogP contribution in [0.15, 0.2) is 12.5 Å². The topological polar surface area (TPSA) is 116 Å². The average molecular weight is 296 g/mol. The molecule has 8 heteroatoms. The highest BCUT2D eigenvalue weighted by molar-refractivity contribution is 5.82. The van der Waals surface area contributed by atoms with Crippen LogP contribution in [0.5, 0.6) is 0 Å². The third-order valence-corrected chi connectivity index (χ3v) is 3.46. The quantitative estimate of drug-likeness (QED) is 0.601. The third-order valence-electron chi connectivity index (χ3n) is 3.46. The van der Waals surface area contributed by atoms with Gasteiger partial charge in [0.05, 0.1) is 18.5 Å². The molecule has 0 aliphatic carbocycles. The molecule has 1 aliphatic rings. The van der Waals surface area contributed by atoms with Crippen LogP contribution in [-0.2, 0) is 16.0 Å². The standard InChI is InChI=1S/C13H20N4O4/c1-8(11-3-2-4-21-11)16-13(20)17-10(12(18)19)5-9-6-14-7-15-9/h6-8,10-11H,2-5H2,1H3,(H,14,15)(H,18,19)(H2,16,17,20)/t8?,10-,11?/m1/s1. The van der Waals surface area contributed by atoms with E-state index in [1.165, 1.54) is 12.5 Å². The number of hydrogen-bond donors (Lipinski definition) is 4. The lowest BCUT2D eigenvalue weighted by atomic mass is 10.1. The predicted molar refractivity (Wildman–Crippen MR) is 73.8 cm³/mol. The Hall–Kier alpha value is -2.09. The maximum absolute atomic E-state index is 11.9. The van der Waals surface area contributed by atoms with Crippen LogP contribution >= 0.6 is 0 Å². The van der Waals surface area contributed by atoms with E-state index >= 15 is 0 Å². The molecule has 1 fully saturated rings. The summed E-state index contributed by atoms with van der Waals surface area (Å²) in [5.41, 5.74) is 0.648. The van der Waals surface area contributed by atoms with Crippen molar-refractivity contribution in [3.8, 4) is 0 Å². The van der Waals surface area contributed by atoms with Crippen molar-refractivity contribution >= 4 is 12.0 Å². The fraction of sp³-hybridized carbons (Fsp3) is 0.615. The van der Waals surface area contributed by atoms with Gasteiger partial charge in [0.2, 0.25) is 0 Å². The molecule has 4 N–H and O–H groups in total. The van der Waals surface area contributed by atoms with Gasteiger partial charge < -0.3 is 25.5 Å². The monoisotopic (exact) mass is 296 g/mol. The molecule has 3 atom stereocenters. The van der Waals surface area contributed by atoms with E-state index in [1.54, 1.807) is 0 Å². The van der Waals surface area contributed by atoms with Gasteiger partial charge in [-0.05, 0) is 19.8 Å². The van der Waals surface area contributed by atoms with E-state index in [0.29, 0.717) is 12.3 Å². The second-order valence-corrected chi connectivity index (χ2v) is 5.13. The van der Waals surface area contributed by atoms with Gasteiger partial charge in [0.15, 0.2) is 0 Å². The summed E-state index contributed by atoms with van der Waals surface area (Å²) in [6.45, 7) is 2.55. The molecular weight excluding hydrogens is 276 g/mol. The Labute approximate surface area is 122 Å². The van der Waals surface area contributed by atoms with Crippen LogP contribution in [-0.4, -0.2) is 51.9 Å². The first-order chi connectivity index (χ1) is 10.1. The number of carboxylic acid groups (broad SMARTS) is 1.